The Kier molecular flexibility index (Phi) is 7.50. The lowest BCUT2D eigenvalue weighted by Crippen LogP contribution is -2.47. The van der Waals surface area contributed by atoms with Crippen LogP contribution in [0.2, 0.25) is 5.02 Å². The molecule has 5 rings (SSSR count). The Bertz CT molecular complexity index is 1400. The number of piperazine rings is 1. The standard InChI is InChI=1S/C28H26ClFN4O3/c29-22-5-9-24(10-6-22)34-28(36)27(26(19-31-34)33-15-13-32(14-16-33)17-18-35)37-25-11-3-21(4-12-25)20-1-7-23(30)8-2-20/h1-12,19,35H,13-18H2. The Hall–Kier alpha value is -3.72. The van der Waals surface area contributed by atoms with Crippen LogP contribution in [0.25, 0.3) is 16.8 Å². The topological polar surface area (TPSA) is 70.8 Å². The summed E-state index contributed by atoms with van der Waals surface area (Å²) < 4.78 is 20.8. The highest BCUT2D eigenvalue weighted by atomic mass is 35.5. The highest BCUT2D eigenvalue weighted by molar-refractivity contribution is 6.30. The number of hydrogen-bond acceptors (Lipinski definition) is 6. The molecule has 1 aliphatic heterocycles. The SMILES string of the molecule is O=c1c(Oc2ccc(-c3ccc(F)cc3)cc2)c(N2CCN(CCO)CC2)cnn1-c1ccc(Cl)cc1. The Balaban J connectivity index is 1.48. The Labute approximate surface area is 218 Å². The van der Waals surface area contributed by atoms with Gasteiger partial charge in [0.2, 0.25) is 5.75 Å². The third-order valence-electron chi connectivity index (χ3n) is 6.37. The van der Waals surface area contributed by atoms with Crippen LogP contribution in [0.3, 0.4) is 0 Å². The molecular formula is C28H26ClFN4O3. The number of aliphatic hydroxyl groups is 1. The van der Waals surface area contributed by atoms with Crippen LogP contribution in [0.15, 0.2) is 83.8 Å². The van der Waals surface area contributed by atoms with Crippen LogP contribution in [0.4, 0.5) is 10.1 Å². The molecule has 0 spiro atoms. The van der Waals surface area contributed by atoms with Crippen molar-refractivity contribution in [3.8, 4) is 28.3 Å². The maximum absolute atomic E-state index is 13.6. The average molecular weight is 521 g/mol. The van der Waals surface area contributed by atoms with Crippen molar-refractivity contribution in [1.29, 1.82) is 0 Å². The van der Waals surface area contributed by atoms with Gasteiger partial charge in [-0.25, -0.2) is 4.39 Å². The van der Waals surface area contributed by atoms with Crippen LogP contribution in [-0.2, 0) is 0 Å². The number of benzene rings is 3. The van der Waals surface area contributed by atoms with Crippen LogP contribution in [0, 0.1) is 5.82 Å². The second-order valence-electron chi connectivity index (χ2n) is 8.74. The lowest BCUT2D eigenvalue weighted by Gasteiger charge is -2.36. The van der Waals surface area contributed by atoms with E-state index in [1.165, 1.54) is 16.8 Å². The van der Waals surface area contributed by atoms with E-state index in [4.69, 9.17) is 16.3 Å². The minimum Gasteiger partial charge on any atom is -0.449 e. The zero-order valence-corrected chi connectivity index (χ0v) is 20.8. The summed E-state index contributed by atoms with van der Waals surface area (Å²) in [6, 6.07) is 20.4. The molecule has 9 heteroatoms. The number of β-amino-alcohol motifs (C(OH)–C–C–N with tert-alkyl or cyclic N) is 1. The molecule has 0 aliphatic carbocycles. The third-order valence-corrected chi connectivity index (χ3v) is 6.62. The molecule has 0 unspecified atom stereocenters. The number of hydrogen-bond donors (Lipinski definition) is 1. The number of aliphatic hydroxyl groups excluding tert-OH is 1. The van der Waals surface area contributed by atoms with Crippen LogP contribution in [-0.4, -0.2) is 59.1 Å². The van der Waals surface area contributed by atoms with Crippen molar-refractivity contribution in [3.63, 3.8) is 0 Å². The summed E-state index contributed by atoms with van der Waals surface area (Å²) >= 11 is 6.03. The lowest BCUT2D eigenvalue weighted by atomic mass is 10.1. The first-order valence-electron chi connectivity index (χ1n) is 12.0. The summed E-state index contributed by atoms with van der Waals surface area (Å²) in [6.45, 7) is 3.59. The monoisotopic (exact) mass is 520 g/mol. The van der Waals surface area contributed by atoms with E-state index in [1.54, 1.807) is 54.7 Å². The first-order chi connectivity index (χ1) is 18.0. The summed E-state index contributed by atoms with van der Waals surface area (Å²) in [6.07, 6.45) is 1.65. The molecule has 0 atom stereocenters. The van der Waals surface area contributed by atoms with Crippen molar-refractivity contribution in [2.45, 2.75) is 0 Å². The van der Waals surface area contributed by atoms with Gasteiger partial charge in [0.15, 0.2) is 0 Å². The maximum Gasteiger partial charge on any atom is 0.316 e. The van der Waals surface area contributed by atoms with E-state index in [-0.39, 0.29) is 23.7 Å². The lowest BCUT2D eigenvalue weighted by molar-refractivity contribution is 0.188. The predicted molar refractivity (Wildman–Crippen MR) is 142 cm³/mol. The van der Waals surface area contributed by atoms with Crippen LogP contribution in [0.5, 0.6) is 11.5 Å². The van der Waals surface area contributed by atoms with Gasteiger partial charge in [-0.05, 0) is 59.7 Å². The van der Waals surface area contributed by atoms with Gasteiger partial charge < -0.3 is 14.7 Å². The molecule has 4 aromatic rings. The van der Waals surface area contributed by atoms with Gasteiger partial charge in [-0.3, -0.25) is 9.69 Å². The number of nitrogens with zero attached hydrogens (tertiary/aromatic N) is 4. The number of ether oxygens (including phenoxy) is 1. The zero-order valence-electron chi connectivity index (χ0n) is 20.1. The minimum atomic E-state index is -0.389. The fourth-order valence-corrected chi connectivity index (χ4v) is 4.47. The van der Waals surface area contributed by atoms with E-state index in [0.717, 1.165) is 24.2 Å². The van der Waals surface area contributed by atoms with Gasteiger partial charge in [0.25, 0.3) is 0 Å². The number of halogens is 2. The van der Waals surface area contributed by atoms with E-state index in [0.29, 0.717) is 41.8 Å². The quantitative estimate of drug-likeness (QED) is 0.384. The summed E-state index contributed by atoms with van der Waals surface area (Å²) in [5.41, 5.74) is 2.58. The molecule has 190 valence electrons. The van der Waals surface area contributed by atoms with Gasteiger partial charge in [0, 0.05) is 37.7 Å². The van der Waals surface area contributed by atoms with Gasteiger partial charge in [-0.1, -0.05) is 35.9 Å². The first kappa shape index (κ1) is 25.0. The molecule has 0 radical (unpaired) electrons. The van der Waals surface area contributed by atoms with Crippen LogP contribution < -0.4 is 15.2 Å². The molecular weight excluding hydrogens is 495 g/mol. The summed E-state index contributed by atoms with van der Waals surface area (Å²) in [7, 11) is 0. The molecule has 0 bridgehead atoms. The van der Waals surface area contributed by atoms with E-state index in [1.807, 2.05) is 12.1 Å². The molecule has 7 nitrogen and oxygen atoms in total. The molecule has 1 N–H and O–H groups in total. The predicted octanol–water partition coefficient (Wildman–Crippen LogP) is 4.60. The van der Waals surface area contributed by atoms with Crippen LogP contribution >= 0.6 is 11.6 Å². The van der Waals surface area contributed by atoms with Crippen molar-refractivity contribution in [1.82, 2.24) is 14.7 Å². The Morgan fingerprint density at radius 1 is 0.892 bits per heavy atom. The van der Waals surface area contributed by atoms with Crippen molar-refractivity contribution < 1.29 is 14.2 Å². The van der Waals surface area contributed by atoms with E-state index in [2.05, 4.69) is 14.9 Å². The number of anilines is 1. The first-order valence-corrected chi connectivity index (χ1v) is 12.4. The normalized spacial score (nSPS) is 14.1. The largest absolute Gasteiger partial charge is 0.449 e. The summed E-state index contributed by atoms with van der Waals surface area (Å²) in [5.74, 6) is 0.384. The zero-order chi connectivity index (χ0) is 25.8. The van der Waals surface area contributed by atoms with Crippen molar-refractivity contribution in [2.24, 2.45) is 0 Å². The number of aromatic nitrogens is 2. The van der Waals surface area contributed by atoms with Gasteiger partial charge >= 0.3 is 5.56 Å². The molecule has 1 saturated heterocycles. The molecule has 2 heterocycles. The smallest absolute Gasteiger partial charge is 0.316 e. The Morgan fingerprint density at radius 2 is 1.51 bits per heavy atom. The second kappa shape index (κ2) is 11.1. The number of rotatable bonds is 7. The molecule has 3 aromatic carbocycles. The third kappa shape index (κ3) is 5.67. The average Bonchev–Trinajstić information content (AvgIpc) is 2.92. The fourth-order valence-electron chi connectivity index (χ4n) is 4.35. The Morgan fingerprint density at radius 3 is 2.14 bits per heavy atom. The molecule has 1 fully saturated rings. The van der Waals surface area contributed by atoms with Crippen molar-refractivity contribution in [2.75, 3.05) is 44.2 Å². The fraction of sp³-hybridized carbons (Fsp3) is 0.214. The molecule has 1 aliphatic rings. The van der Waals surface area contributed by atoms with Gasteiger partial charge in [0.1, 0.15) is 17.3 Å². The minimum absolute atomic E-state index is 0.112. The van der Waals surface area contributed by atoms with E-state index >= 15 is 0 Å². The second-order valence-corrected chi connectivity index (χ2v) is 9.17. The summed E-state index contributed by atoms with van der Waals surface area (Å²) in [5, 5.41) is 14.2. The van der Waals surface area contributed by atoms with E-state index in [9.17, 15) is 14.3 Å². The highest BCUT2D eigenvalue weighted by Crippen LogP contribution is 2.31. The van der Waals surface area contributed by atoms with Gasteiger partial charge in [-0.15, -0.1) is 0 Å². The van der Waals surface area contributed by atoms with Gasteiger partial charge in [-0.2, -0.15) is 9.78 Å². The highest BCUT2D eigenvalue weighted by Gasteiger charge is 2.24. The molecule has 0 saturated carbocycles. The molecule has 0 amide bonds. The molecule has 1 aromatic heterocycles. The van der Waals surface area contributed by atoms with Crippen molar-refractivity contribution in [3.05, 3.63) is 100 Å². The molecule has 37 heavy (non-hydrogen) atoms. The maximum atomic E-state index is 13.6. The van der Waals surface area contributed by atoms with Gasteiger partial charge in [0.05, 0.1) is 18.5 Å². The summed E-state index contributed by atoms with van der Waals surface area (Å²) in [4.78, 5) is 17.9. The van der Waals surface area contributed by atoms with Crippen molar-refractivity contribution >= 4 is 17.3 Å². The van der Waals surface area contributed by atoms with Crippen LogP contribution in [0.1, 0.15) is 0 Å². The van der Waals surface area contributed by atoms with E-state index < -0.39 is 0 Å².